The van der Waals surface area contributed by atoms with Crippen LogP contribution >= 0.6 is 0 Å². The van der Waals surface area contributed by atoms with Crippen LogP contribution < -0.4 is 10.6 Å². The predicted molar refractivity (Wildman–Crippen MR) is 106 cm³/mol. The quantitative estimate of drug-likeness (QED) is 0.595. The molecule has 0 aromatic heterocycles. The number of carbonyl (C=O) groups is 1. The monoisotopic (exact) mass is 374 g/mol. The van der Waals surface area contributed by atoms with E-state index in [2.05, 4.69) is 10.6 Å². The minimum absolute atomic E-state index is 0.0288. The van der Waals surface area contributed by atoms with Crippen molar-refractivity contribution in [2.45, 2.75) is 51.5 Å². The van der Waals surface area contributed by atoms with Gasteiger partial charge in [0.1, 0.15) is 5.82 Å². The Hall–Kier alpha value is -2.11. The fourth-order valence-electron chi connectivity index (χ4n) is 3.74. The van der Waals surface area contributed by atoms with E-state index in [1.54, 1.807) is 6.07 Å². The maximum Gasteiger partial charge on any atom is 0.225 e. The normalized spacial score (nSPS) is 21.4. The standard InChI is InChI=1S/C21H31FN4O/c1-4-23-20(25-16-9-12-26(13-16)19(27)15(2)3)24-14-21(10-11-21)17-7-5-6-8-18(17)22/h5-8,15-16H,4,9-14H2,1-3H3,(H2,23,24,25). The number of nitrogens with zero attached hydrogens (tertiary/aromatic N) is 2. The van der Waals surface area contributed by atoms with Gasteiger partial charge in [-0.1, -0.05) is 32.0 Å². The second-order valence-electron chi connectivity index (χ2n) is 8.02. The molecule has 0 spiro atoms. The second kappa shape index (κ2) is 8.28. The average Bonchev–Trinajstić information content (AvgIpc) is 3.29. The molecule has 1 saturated heterocycles. The highest BCUT2D eigenvalue weighted by Crippen LogP contribution is 2.49. The Morgan fingerprint density at radius 3 is 2.74 bits per heavy atom. The summed E-state index contributed by atoms with van der Waals surface area (Å²) < 4.78 is 14.2. The lowest BCUT2D eigenvalue weighted by atomic mass is 9.95. The van der Waals surface area contributed by atoms with Gasteiger partial charge in [0.25, 0.3) is 0 Å². The maximum absolute atomic E-state index is 14.2. The van der Waals surface area contributed by atoms with Crippen molar-refractivity contribution < 1.29 is 9.18 Å². The van der Waals surface area contributed by atoms with Crippen LogP contribution in [0.25, 0.3) is 0 Å². The zero-order chi connectivity index (χ0) is 19.4. The first-order valence-corrected chi connectivity index (χ1v) is 10.0. The van der Waals surface area contributed by atoms with Gasteiger partial charge < -0.3 is 15.5 Å². The van der Waals surface area contributed by atoms with Crippen LogP contribution in [0.2, 0.25) is 0 Å². The van der Waals surface area contributed by atoms with E-state index in [1.807, 2.05) is 37.8 Å². The van der Waals surface area contributed by atoms with Gasteiger partial charge in [-0.15, -0.1) is 0 Å². The van der Waals surface area contributed by atoms with Crippen LogP contribution in [0.3, 0.4) is 0 Å². The lowest BCUT2D eigenvalue weighted by Gasteiger charge is -2.21. The minimum Gasteiger partial charge on any atom is -0.357 e. The van der Waals surface area contributed by atoms with Gasteiger partial charge in [0.15, 0.2) is 5.96 Å². The summed E-state index contributed by atoms with van der Waals surface area (Å²) in [5, 5.41) is 6.74. The summed E-state index contributed by atoms with van der Waals surface area (Å²) in [5.41, 5.74) is 0.613. The van der Waals surface area contributed by atoms with E-state index in [-0.39, 0.29) is 29.1 Å². The fraction of sp³-hybridized carbons (Fsp3) is 0.619. The SMILES string of the molecule is CCNC(=NCC1(c2ccccc2F)CC1)NC1CCN(C(=O)C(C)C)C1. The summed E-state index contributed by atoms with van der Waals surface area (Å²) in [6.07, 6.45) is 2.86. The summed E-state index contributed by atoms with van der Waals surface area (Å²) in [6.45, 7) is 8.74. The molecule has 1 amide bonds. The zero-order valence-corrected chi connectivity index (χ0v) is 16.6. The number of nitrogens with one attached hydrogen (secondary N) is 2. The number of hydrogen-bond acceptors (Lipinski definition) is 2. The number of carbonyl (C=O) groups excluding carboxylic acids is 1. The Morgan fingerprint density at radius 1 is 1.37 bits per heavy atom. The van der Waals surface area contributed by atoms with Gasteiger partial charge in [-0.05, 0) is 37.8 Å². The minimum atomic E-state index is -0.164. The second-order valence-corrected chi connectivity index (χ2v) is 8.02. The molecule has 1 aromatic carbocycles. The van der Waals surface area contributed by atoms with Crippen LogP contribution in [0.5, 0.6) is 0 Å². The molecular formula is C21H31FN4O. The van der Waals surface area contributed by atoms with Crippen molar-refractivity contribution in [3.8, 4) is 0 Å². The van der Waals surface area contributed by atoms with Crippen molar-refractivity contribution in [3.63, 3.8) is 0 Å². The Bertz CT molecular complexity index is 699. The van der Waals surface area contributed by atoms with Gasteiger partial charge in [0.2, 0.25) is 5.91 Å². The molecular weight excluding hydrogens is 343 g/mol. The number of benzene rings is 1. The molecule has 5 nitrogen and oxygen atoms in total. The number of guanidine groups is 1. The van der Waals surface area contributed by atoms with Gasteiger partial charge >= 0.3 is 0 Å². The molecule has 2 N–H and O–H groups in total. The molecule has 1 aliphatic carbocycles. The highest BCUT2D eigenvalue weighted by molar-refractivity contribution is 5.81. The summed E-state index contributed by atoms with van der Waals surface area (Å²) in [5.74, 6) is 0.852. The van der Waals surface area contributed by atoms with Crippen molar-refractivity contribution >= 4 is 11.9 Å². The maximum atomic E-state index is 14.2. The van der Waals surface area contributed by atoms with E-state index < -0.39 is 0 Å². The molecule has 0 radical (unpaired) electrons. The van der Waals surface area contributed by atoms with E-state index in [4.69, 9.17) is 4.99 Å². The summed E-state index contributed by atoms with van der Waals surface area (Å²) in [7, 11) is 0. The van der Waals surface area contributed by atoms with Gasteiger partial charge in [0, 0.05) is 37.0 Å². The number of aliphatic imine (C=N–C) groups is 1. The molecule has 1 aromatic rings. The van der Waals surface area contributed by atoms with E-state index in [0.717, 1.165) is 43.9 Å². The van der Waals surface area contributed by atoms with E-state index >= 15 is 0 Å². The van der Waals surface area contributed by atoms with Crippen molar-refractivity contribution in [3.05, 3.63) is 35.6 Å². The average molecular weight is 375 g/mol. The number of halogens is 1. The van der Waals surface area contributed by atoms with E-state index in [9.17, 15) is 9.18 Å². The third-order valence-electron chi connectivity index (χ3n) is 5.52. The lowest BCUT2D eigenvalue weighted by Crippen LogP contribution is -2.45. The zero-order valence-electron chi connectivity index (χ0n) is 16.6. The molecule has 1 heterocycles. The first-order valence-electron chi connectivity index (χ1n) is 10.0. The van der Waals surface area contributed by atoms with Crippen molar-refractivity contribution in [2.24, 2.45) is 10.9 Å². The van der Waals surface area contributed by atoms with Crippen molar-refractivity contribution in [1.29, 1.82) is 0 Å². The molecule has 0 bridgehead atoms. The molecule has 148 valence electrons. The number of likely N-dealkylation sites (tertiary alicyclic amines) is 1. The third kappa shape index (κ3) is 4.60. The van der Waals surface area contributed by atoms with Crippen molar-refractivity contribution in [2.75, 3.05) is 26.2 Å². The molecule has 1 aliphatic heterocycles. The largest absolute Gasteiger partial charge is 0.357 e. The topological polar surface area (TPSA) is 56.7 Å². The summed E-state index contributed by atoms with van der Waals surface area (Å²) >= 11 is 0. The Morgan fingerprint density at radius 2 is 2.11 bits per heavy atom. The molecule has 2 aliphatic rings. The summed E-state index contributed by atoms with van der Waals surface area (Å²) in [4.78, 5) is 18.9. The van der Waals surface area contributed by atoms with E-state index in [1.165, 1.54) is 6.07 Å². The molecule has 1 atom stereocenters. The van der Waals surface area contributed by atoms with Gasteiger partial charge in [0.05, 0.1) is 6.54 Å². The molecule has 1 saturated carbocycles. The number of hydrogen-bond donors (Lipinski definition) is 2. The molecule has 3 rings (SSSR count). The van der Waals surface area contributed by atoms with Crippen LogP contribution in [0.1, 0.15) is 45.6 Å². The van der Waals surface area contributed by atoms with Crippen LogP contribution in [0.4, 0.5) is 4.39 Å². The fourth-order valence-corrected chi connectivity index (χ4v) is 3.74. The Kier molecular flexibility index (Phi) is 6.02. The smallest absolute Gasteiger partial charge is 0.225 e. The van der Waals surface area contributed by atoms with Crippen LogP contribution in [0, 0.1) is 11.7 Å². The van der Waals surface area contributed by atoms with Gasteiger partial charge in [-0.2, -0.15) is 0 Å². The van der Waals surface area contributed by atoms with Crippen LogP contribution in [0.15, 0.2) is 29.3 Å². The Balaban J connectivity index is 1.63. The molecule has 1 unspecified atom stereocenters. The molecule has 6 heteroatoms. The first-order chi connectivity index (χ1) is 12.9. The summed E-state index contributed by atoms with van der Waals surface area (Å²) in [6, 6.07) is 7.24. The van der Waals surface area contributed by atoms with Gasteiger partial charge in [-0.25, -0.2) is 4.39 Å². The number of rotatable bonds is 6. The van der Waals surface area contributed by atoms with Crippen LogP contribution in [-0.2, 0) is 10.2 Å². The lowest BCUT2D eigenvalue weighted by molar-refractivity contribution is -0.133. The van der Waals surface area contributed by atoms with Gasteiger partial charge in [-0.3, -0.25) is 9.79 Å². The van der Waals surface area contributed by atoms with Crippen LogP contribution in [-0.4, -0.2) is 49.0 Å². The number of amides is 1. The predicted octanol–water partition coefficient (Wildman–Crippen LogP) is 2.67. The van der Waals surface area contributed by atoms with E-state index in [0.29, 0.717) is 13.1 Å². The molecule has 27 heavy (non-hydrogen) atoms. The first kappa shape index (κ1) is 19.6. The Labute approximate surface area is 161 Å². The highest BCUT2D eigenvalue weighted by atomic mass is 19.1. The van der Waals surface area contributed by atoms with Crippen molar-refractivity contribution in [1.82, 2.24) is 15.5 Å². The third-order valence-corrected chi connectivity index (χ3v) is 5.52. The molecule has 2 fully saturated rings. The highest BCUT2D eigenvalue weighted by Gasteiger charge is 2.45.